The molecule has 91 heavy (non-hydrogen) atoms. The van der Waals surface area contributed by atoms with Crippen molar-refractivity contribution in [3.8, 4) is 62.5 Å². The molecule has 18 heteroatoms. The molecule has 1 fully saturated rings. The van der Waals surface area contributed by atoms with Crippen molar-refractivity contribution < 1.29 is 42.0 Å². The molecule has 0 radical (unpaired) electrons. The van der Waals surface area contributed by atoms with Gasteiger partial charge in [0.25, 0.3) is 0 Å². The minimum Gasteiger partial charge on any atom is -0.490 e. The molecule has 1 unspecified atom stereocenters. The minimum absolute atomic E-state index is 0. The Labute approximate surface area is 539 Å². The highest BCUT2D eigenvalue weighted by atomic mass is 19.4. The second kappa shape index (κ2) is 37.6. The van der Waals surface area contributed by atoms with Crippen molar-refractivity contribution in [3.05, 3.63) is 167 Å². The van der Waals surface area contributed by atoms with Gasteiger partial charge in [-0.25, -0.2) is 0 Å². The zero-order chi connectivity index (χ0) is 64.3. The van der Waals surface area contributed by atoms with Gasteiger partial charge >= 0.3 is 6.18 Å². The van der Waals surface area contributed by atoms with Crippen LogP contribution in [-0.2, 0) is 25.8 Å². The summed E-state index contributed by atoms with van der Waals surface area (Å²) in [4.78, 5) is 6.82. The van der Waals surface area contributed by atoms with E-state index in [1.54, 1.807) is 12.3 Å². The summed E-state index contributed by atoms with van der Waals surface area (Å²) in [5, 5.41) is 30.9. The lowest BCUT2D eigenvalue weighted by Crippen LogP contribution is -2.25. The van der Waals surface area contributed by atoms with E-state index in [0.717, 1.165) is 128 Å². The number of aromatic amines is 3. The van der Waals surface area contributed by atoms with Crippen LogP contribution in [0.15, 0.2) is 134 Å². The third-order valence-corrected chi connectivity index (χ3v) is 15.9. The van der Waals surface area contributed by atoms with Gasteiger partial charge < -0.3 is 43.5 Å². The fourth-order valence-electron chi connectivity index (χ4n) is 10.1. The summed E-state index contributed by atoms with van der Waals surface area (Å²) in [6.07, 6.45) is 10.6. The van der Waals surface area contributed by atoms with Crippen LogP contribution < -0.4 is 23.7 Å². The zero-order valence-corrected chi connectivity index (χ0v) is 54.4. The van der Waals surface area contributed by atoms with Crippen molar-refractivity contribution in [1.29, 1.82) is 0 Å². The van der Waals surface area contributed by atoms with Gasteiger partial charge in [0.2, 0.25) is 0 Å². The van der Waals surface area contributed by atoms with Gasteiger partial charge in [-0.2, -0.15) is 28.5 Å². The van der Waals surface area contributed by atoms with Crippen molar-refractivity contribution in [2.45, 2.75) is 151 Å². The molecule has 1 aliphatic carbocycles. The van der Waals surface area contributed by atoms with E-state index in [1.165, 1.54) is 48.4 Å². The van der Waals surface area contributed by atoms with Gasteiger partial charge in [-0.15, -0.1) is 0 Å². The maximum Gasteiger partial charge on any atom is 0.419 e. The Morgan fingerprint density at radius 3 is 1.20 bits per heavy atom. The van der Waals surface area contributed by atoms with Gasteiger partial charge in [0.15, 0.2) is 0 Å². The molecule has 4 N–H and O–H groups in total. The first-order valence-electron chi connectivity index (χ1n) is 32.1. The van der Waals surface area contributed by atoms with Crippen LogP contribution in [-0.4, -0.2) is 130 Å². The fourth-order valence-corrected chi connectivity index (χ4v) is 10.1. The number of nitrogens with one attached hydrogen (secondary N) is 3. The van der Waals surface area contributed by atoms with Gasteiger partial charge in [0.05, 0.1) is 47.3 Å². The average Bonchev–Trinajstić information content (AvgIpc) is 1.95. The van der Waals surface area contributed by atoms with Crippen LogP contribution in [0.25, 0.3) is 33.8 Å². The molecule has 3 heterocycles. The molecule has 1 aliphatic rings. The molecule has 0 saturated heterocycles. The smallest absolute Gasteiger partial charge is 0.419 e. The molecule has 0 spiro atoms. The van der Waals surface area contributed by atoms with Crippen molar-refractivity contribution in [3.63, 3.8) is 0 Å². The summed E-state index contributed by atoms with van der Waals surface area (Å²) in [7, 11) is 6.31. The van der Waals surface area contributed by atoms with E-state index in [2.05, 4.69) is 130 Å². The fraction of sp³-hybridized carbons (Fsp3) is 0.466. The van der Waals surface area contributed by atoms with Crippen molar-refractivity contribution in [1.82, 2.24) is 45.3 Å². The lowest BCUT2D eigenvalue weighted by Gasteiger charge is -2.28. The SMILES string of the molecule is C.CCCCN(C)Cc1cn[nH]c1-c1ccc(OC2CCC2)c(C(F)(F)F)c1.CCCCN(C)Cc1cn[nH]c1-c1ccc(OCCOc2ccc(C(C)C)cc2)cc1.CCCCN(C)Cc1cn[nH]c1-c1ccc(OCCOc2ccc(C(C)CO)cc2)cc1. The second-order valence-electron chi connectivity index (χ2n) is 23.8. The van der Waals surface area contributed by atoms with Gasteiger partial charge in [-0.3, -0.25) is 15.3 Å². The summed E-state index contributed by atoms with van der Waals surface area (Å²) < 4.78 is 69.5. The first kappa shape index (κ1) is 72.4. The molecule has 15 nitrogen and oxygen atoms in total. The number of halogens is 3. The Kier molecular flexibility index (Phi) is 30.0. The first-order valence-corrected chi connectivity index (χ1v) is 32.1. The Balaban J connectivity index is 0.000000217. The number of hydrogen-bond donors (Lipinski definition) is 4. The Morgan fingerprint density at radius 2 is 0.868 bits per heavy atom. The molecular weight excluding hydrogens is 1160 g/mol. The highest BCUT2D eigenvalue weighted by molar-refractivity contribution is 5.66. The normalized spacial score (nSPS) is 12.6. The lowest BCUT2D eigenvalue weighted by atomic mass is 9.96. The van der Waals surface area contributed by atoms with E-state index in [9.17, 15) is 18.3 Å². The number of H-pyrrole nitrogens is 3. The Hall–Kier alpha value is -7.64. The predicted octanol–water partition coefficient (Wildman–Crippen LogP) is 16.6. The number of ether oxygens (including phenoxy) is 5. The summed E-state index contributed by atoms with van der Waals surface area (Å²) in [6, 6.07) is 36.6. The first-order chi connectivity index (χ1) is 43.5. The summed E-state index contributed by atoms with van der Waals surface area (Å²) >= 11 is 0. The topological polar surface area (TPSA) is 162 Å². The summed E-state index contributed by atoms with van der Waals surface area (Å²) in [6.45, 7) is 20.5. The van der Waals surface area contributed by atoms with Gasteiger partial charge in [0.1, 0.15) is 55.2 Å². The molecule has 8 aromatic rings. The molecule has 3 aromatic heterocycles. The monoisotopic (exact) mass is 1260 g/mol. The molecule has 1 atom stereocenters. The Morgan fingerprint density at radius 1 is 0.516 bits per heavy atom. The molecule has 494 valence electrons. The quantitative estimate of drug-likeness (QED) is 0.0289. The molecule has 5 aromatic carbocycles. The van der Waals surface area contributed by atoms with Gasteiger partial charge in [0, 0.05) is 65.5 Å². The third-order valence-electron chi connectivity index (χ3n) is 15.9. The van der Waals surface area contributed by atoms with Crippen LogP contribution >= 0.6 is 0 Å². The number of aliphatic hydroxyl groups excluding tert-OH is 1. The summed E-state index contributed by atoms with van der Waals surface area (Å²) in [5.74, 6) is 3.90. The number of hydrogen-bond acceptors (Lipinski definition) is 12. The van der Waals surface area contributed by atoms with E-state index in [1.807, 2.05) is 87.0 Å². The van der Waals surface area contributed by atoms with Crippen LogP contribution in [0.5, 0.6) is 28.7 Å². The van der Waals surface area contributed by atoms with Gasteiger partial charge in [-0.1, -0.05) is 92.5 Å². The molecule has 0 aliphatic heterocycles. The lowest BCUT2D eigenvalue weighted by molar-refractivity contribution is -0.139. The third kappa shape index (κ3) is 23.2. The van der Waals surface area contributed by atoms with Crippen molar-refractivity contribution in [2.24, 2.45) is 0 Å². The summed E-state index contributed by atoms with van der Waals surface area (Å²) in [5.41, 5.74) is 10.4. The van der Waals surface area contributed by atoms with E-state index in [4.69, 9.17) is 23.7 Å². The number of aromatic nitrogens is 6. The molecule has 0 bridgehead atoms. The van der Waals surface area contributed by atoms with Crippen LogP contribution in [0, 0.1) is 0 Å². The van der Waals surface area contributed by atoms with E-state index in [-0.39, 0.29) is 31.8 Å². The van der Waals surface area contributed by atoms with Crippen LogP contribution in [0.2, 0.25) is 0 Å². The van der Waals surface area contributed by atoms with Crippen LogP contribution in [0.3, 0.4) is 0 Å². The van der Waals surface area contributed by atoms with Crippen molar-refractivity contribution >= 4 is 0 Å². The van der Waals surface area contributed by atoms with Crippen LogP contribution in [0.1, 0.15) is 152 Å². The highest BCUT2D eigenvalue weighted by Gasteiger charge is 2.36. The zero-order valence-electron chi connectivity index (χ0n) is 54.4. The number of unbranched alkanes of at least 4 members (excludes halogenated alkanes) is 3. The number of rotatable bonds is 33. The van der Waals surface area contributed by atoms with Crippen LogP contribution in [0.4, 0.5) is 13.2 Å². The van der Waals surface area contributed by atoms with E-state index in [0.29, 0.717) is 50.1 Å². The molecule has 9 rings (SSSR count). The number of nitrogens with zero attached hydrogens (tertiary/aromatic N) is 6. The maximum absolute atomic E-state index is 13.6. The van der Waals surface area contributed by atoms with E-state index >= 15 is 0 Å². The number of aliphatic hydroxyl groups is 1. The largest absolute Gasteiger partial charge is 0.490 e. The molecular formula is C73H100F3N9O6. The minimum atomic E-state index is -4.47. The molecule has 1 saturated carbocycles. The highest BCUT2D eigenvalue weighted by Crippen LogP contribution is 2.41. The number of alkyl halides is 3. The standard InChI is InChI=1S/C26H35N3O3.C26H35N3O2.C20H26F3N3O.CH4/c1-4-5-14-29(3)18-23-17-27-28-26(23)22-8-12-25(13-9-22)32-16-15-31-24-10-6-21(7-11-24)20(2)19-30;1-5-6-15-29(4)19-23-18-27-28-26(23)22-9-13-25(14-10-22)31-17-16-30-24-11-7-21(8-12-24)20(2)3;1-3-4-10-26(2)13-15-12-24-25-19(15)14-8-9-18(27-16-6-5-7-16)17(11-14)20(21,22)23;/h6-13,17,20,30H,4-5,14-16,18-19H2,1-3H3,(H,27,28);7-14,18,20H,5-6,15-17,19H2,1-4H3,(H,27,28);8-9,11-12,16H,3-7,10,13H2,1-2H3,(H,24,25);1H4. The van der Waals surface area contributed by atoms with Crippen molar-refractivity contribution in [2.75, 3.05) is 73.8 Å². The predicted molar refractivity (Wildman–Crippen MR) is 360 cm³/mol. The Bertz CT molecular complexity index is 3270. The average molecular weight is 1260 g/mol. The van der Waals surface area contributed by atoms with Gasteiger partial charge in [-0.05, 0) is 187 Å². The maximum atomic E-state index is 13.6. The molecule has 0 amide bonds. The van der Waals surface area contributed by atoms with E-state index < -0.39 is 11.7 Å². The second-order valence-corrected chi connectivity index (χ2v) is 23.8. The number of benzene rings is 5.